The summed E-state index contributed by atoms with van der Waals surface area (Å²) in [6.07, 6.45) is 1.01. The first-order valence-corrected chi connectivity index (χ1v) is 10.1. The number of aliphatic hydroxyl groups excluding tert-OH is 1. The summed E-state index contributed by atoms with van der Waals surface area (Å²) in [6, 6.07) is 28.5. The third kappa shape index (κ3) is 3.76. The van der Waals surface area contributed by atoms with Crippen LogP contribution < -0.4 is 9.64 Å². The lowest BCUT2D eigenvalue weighted by Crippen LogP contribution is -2.41. The van der Waals surface area contributed by atoms with Gasteiger partial charge < -0.3 is 14.7 Å². The molecule has 4 rings (SSSR count). The van der Waals surface area contributed by atoms with Crippen LogP contribution in [0.25, 0.3) is 0 Å². The van der Waals surface area contributed by atoms with Crippen molar-refractivity contribution in [3.05, 3.63) is 96.1 Å². The lowest BCUT2D eigenvalue weighted by atomic mass is 9.94. The minimum atomic E-state index is -0.614. The average molecular weight is 373 g/mol. The molecule has 0 saturated carbocycles. The lowest BCUT2D eigenvalue weighted by molar-refractivity contribution is 0.126. The smallest absolute Gasteiger partial charge is 0.126 e. The Morgan fingerprint density at radius 2 is 1.54 bits per heavy atom. The van der Waals surface area contributed by atoms with Gasteiger partial charge in [0.1, 0.15) is 18.0 Å². The van der Waals surface area contributed by atoms with Crippen molar-refractivity contribution >= 4 is 5.69 Å². The fourth-order valence-corrected chi connectivity index (χ4v) is 4.11. The lowest BCUT2D eigenvalue weighted by Gasteiger charge is -2.36. The number of ether oxygens (including phenoxy) is 1. The van der Waals surface area contributed by atoms with Crippen LogP contribution >= 0.6 is 0 Å². The molecule has 3 aromatic rings. The van der Waals surface area contributed by atoms with Crippen LogP contribution in [0.3, 0.4) is 0 Å². The number of hydrogen-bond acceptors (Lipinski definition) is 3. The zero-order valence-corrected chi connectivity index (χ0v) is 16.2. The van der Waals surface area contributed by atoms with Gasteiger partial charge in [0, 0.05) is 24.2 Å². The second-order valence-corrected chi connectivity index (χ2v) is 7.33. The Balaban J connectivity index is 1.77. The highest BCUT2D eigenvalue weighted by atomic mass is 16.5. The third-order valence-corrected chi connectivity index (χ3v) is 5.45. The van der Waals surface area contributed by atoms with Gasteiger partial charge in [0.05, 0.1) is 6.04 Å². The summed E-state index contributed by atoms with van der Waals surface area (Å²) < 4.78 is 6.42. The van der Waals surface area contributed by atoms with Crippen LogP contribution in [-0.4, -0.2) is 17.7 Å². The minimum absolute atomic E-state index is 0.0730. The highest BCUT2D eigenvalue weighted by Gasteiger charge is 2.36. The van der Waals surface area contributed by atoms with Crippen LogP contribution in [0.1, 0.15) is 43.1 Å². The Morgan fingerprint density at radius 1 is 0.893 bits per heavy atom. The van der Waals surface area contributed by atoms with Crippen LogP contribution in [0.4, 0.5) is 5.69 Å². The molecule has 0 bridgehead atoms. The van der Waals surface area contributed by atoms with Gasteiger partial charge in [-0.25, -0.2) is 0 Å². The predicted molar refractivity (Wildman–Crippen MR) is 114 cm³/mol. The second-order valence-electron chi connectivity index (χ2n) is 7.33. The highest BCUT2D eigenvalue weighted by Crippen LogP contribution is 2.41. The molecule has 144 valence electrons. The van der Waals surface area contributed by atoms with Gasteiger partial charge >= 0.3 is 0 Å². The van der Waals surface area contributed by atoms with Crippen molar-refractivity contribution in [2.45, 2.75) is 38.0 Å². The first kappa shape index (κ1) is 18.6. The maximum Gasteiger partial charge on any atom is 0.126 e. The number of fused-ring (bicyclic) bond motifs is 1. The quantitative estimate of drug-likeness (QED) is 0.638. The van der Waals surface area contributed by atoms with Gasteiger partial charge in [-0.1, -0.05) is 73.7 Å². The Labute approximate surface area is 167 Å². The van der Waals surface area contributed by atoms with E-state index in [9.17, 15) is 5.11 Å². The molecule has 1 heterocycles. The minimum Gasteiger partial charge on any atom is -0.485 e. The van der Waals surface area contributed by atoms with Crippen LogP contribution in [0, 0.1) is 0 Å². The summed E-state index contributed by atoms with van der Waals surface area (Å²) in [6.45, 7) is 3.06. The SMILES string of the molecule is CCCN(c1ccccc1)C1CC(c2ccccc2)Oc2ccccc2C1O. The van der Waals surface area contributed by atoms with E-state index in [0.29, 0.717) is 0 Å². The van der Waals surface area contributed by atoms with E-state index in [-0.39, 0.29) is 12.1 Å². The molecular formula is C25H27NO2. The van der Waals surface area contributed by atoms with Gasteiger partial charge in [0.15, 0.2) is 0 Å². The van der Waals surface area contributed by atoms with Gasteiger partial charge in [-0.3, -0.25) is 0 Å². The van der Waals surface area contributed by atoms with Crippen molar-refractivity contribution in [2.75, 3.05) is 11.4 Å². The van der Waals surface area contributed by atoms with Gasteiger partial charge in [-0.05, 0) is 30.2 Å². The van der Waals surface area contributed by atoms with Crippen molar-refractivity contribution in [2.24, 2.45) is 0 Å². The zero-order valence-electron chi connectivity index (χ0n) is 16.2. The molecule has 1 aliphatic heterocycles. The number of hydrogen-bond donors (Lipinski definition) is 1. The first-order chi connectivity index (χ1) is 13.8. The van der Waals surface area contributed by atoms with Crippen LogP contribution in [0.5, 0.6) is 5.75 Å². The topological polar surface area (TPSA) is 32.7 Å². The van der Waals surface area contributed by atoms with Crippen molar-refractivity contribution in [3.8, 4) is 5.75 Å². The first-order valence-electron chi connectivity index (χ1n) is 10.1. The second kappa shape index (κ2) is 8.49. The summed E-state index contributed by atoms with van der Waals surface area (Å²) in [4.78, 5) is 2.34. The van der Waals surface area contributed by atoms with Crippen LogP contribution in [-0.2, 0) is 0 Å². The summed E-state index contributed by atoms with van der Waals surface area (Å²) in [7, 11) is 0. The number of anilines is 1. The number of para-hydroxylation sites is 2. The monoisotopic (exact) mass is 373 g/mol. The molecule has 3 heteroatoms. The average Bonchev–Trinajstić information content (AvgIpc) is 2.90. The molecule has 0 saturated heterocycles. The van der Waals surface area contributed by atoms with Crippen LogP contribution in [0.2, 0.25) is 0 Å². The van der Waals surface area contributed by atoms with E-state index < -0.39 is 6.10 Å². The van der Waals surface area contributed by atoms with Crippen molar-refractivity contribution in [3.63, 3.8) is 0 Å². The fourth-order valence-electron chi connectivity index (χ4n) is 4.11. The van der Waals surface area contributed by atoms with E-state index in [1.54, 1.807) is 0 Å². The molecule has 1 N–H and O–H groups in total. The van der Waals surface area contributed by atoms with E-state index in [1.165, 1.54) is 0 Å². The molecule has 0 aromatic heterocycles. The number of nitrogens with zero attached hydrogens (tertiary/aromatic N) is 1. The van der Waals surface area contributed by atoms with Gasteiger partial charge in [0.2, 0.25) is 0 Å². The Hall–Kier alpha value is -2.78. The molecule has 3 atom stereocenters. The number of benzene rings is 3. The summed E-state index contributed by atoms with van der Waals surface area (Å²) >= 11 is 0. The molecule has 0 amide bonds. The zero-order chi connectivity index (χ0) is 19.3. The maximum absolute atomic E-state index is 11.4. The molecule has 0 fully saturated rings. The molecule has 3 nitrogen and oxygen atoms in total. The molecule has 3 unspecified atom stereocenters. The van der Waals surface area contributed by atoms with Gasteiger partial charge in [0.25, 0.3) is 0 Å². The molecule has 0 spiro atoms. The summed E-state index contributed by atoms with van der Waals surface area (Å²) in [5.74, 6) is 0.774. The molecular weight excluding hydrogens is 346 g/mol. The Morgan fingerprint density at radius 3 is 2.25 bits per heavy atom. The number of aliphatic hydroxyl groups is 1. The van der Waals surface area contributed by atoms with E-state index in [2.05, 4.69) is 48.2 Å². The fraction of sp³-hybridized carbons (Fsp3) is 0.280. The van der Waals surface area contributed by atoms with E-state index >= 15 is 0 Å². The van der Waals surface area contributed by atoms with E-state index in [1.807, 2.05) is 48.5 Å². The summed E-state index contributed by atoms with van der Waals surface area (Å²) in [5, 5.41) is 11.4. The number of rotatable bonds is 5. The third-order valence-electron chi connectivity index (χ3n) is 5.45. The van der Waals surface area contributed by atoms with E-state index in [4.69, 9.17) is 4.74 Å². The maximum atomic E-state index is 11.4. The van der Waals surface area contributed by atoms with E-state index in [0.717, 1.165) is 42.0 Å². The molecule has 1 aliphatic rings. The molecule has 3 aromatic carbocycles. The van der Waals surface area contributed by atoms with Crippen LogP contribution in [0.15, 0.2) is 84.9 Å². The molecule has 28 heavy (non-hydrogen) atoms. The molecule has 0 aliphatic carbocycles. The van der Waals surface area contributed by atoms with Gasteiger partial charge in [-0.15, -0.1) is 0 Å². The Bertz CT molecular complexity index is 881. The van der Waals surface area contributed by atoms with Crippen molar-refractivity contribution in [1.82, 2.24) is 0 Å². The largest absolute Gasteiger partial charge is 0.485 e. The Kier molecular flexibility index (Phi) is 5.63. The van der Waals surface area contributed by atoms with Crippen molar-refractivity contribution in [1.29, 1.82) is 0 Å². The predicted octanol–water partition coefficient (Wildman–Crippen LogP) is 5.53. The van der Waals surface area contributed by atoms with Crippen molar-refractivity contribution < 1.29 is 9.84 Å². The van der Waals surface area contributed by atoms with Gasteiger partial charge in [-0.2, -0.15) is 0 Å². The molecule has 0 radical (unpaired) electrons. The summed E-state index contributed by atoms with van der Waals surface area (Å²) in [5.41, 5.74) is 3.14. The highest BCUT2D eigenvalue weighted by molar-refractivity contribution is 5.49. The normalized spacial score (nSPS) is 21.3. The standard InChI is InChI=1S/C25H27NO2/c1-2-17-26(20-13-7-4-8-14-20)22-18-24(19-11-5-3-6-12-19)28-23-16-10-9-15-21(23)25(22)27/h3-16,22,24-25,27H,2,17-18H2,1H3.